The average Bonchev–Trinajstić information content (AvgIpc) is 2.82. The van der Waals surface area contributed by atoms with E-state index in [4.69, 9.17) is 9.15 Å². The first kappa shape index (κ1) is 11.4. The van der Waals surface area contributed by atoms with Crippen molar-refractivity contribution >= 4 is 5.97 Å². The summed E-state index contributed by atoms with van der Waals surface area (Å²) >= 11 is 0. The Hall–Kier alpha value is -2.10. The molecule has 0 spiro atoms. The van der Waals surface area contributed by atoms with Gasteiger partial charge in [0, 0.05) is 0 Å². The molecule has 0 aromatic carbocycles. The highest BCUT2D eigenvalue weighted by Crippen LogP contribution is 2.19. The minimum atomic E-state index is -0.344. The van der Waals surface area contributed by atoms with Crippen molar-refractivity contribution < 1.29 is 13.9 Å². The molecule has 0 aliphatic rings. The molecule has 0 unspecified atom stereocenters. The highest BCUT2D eigenvalue weighted by molar-refractivity contribution is 5.90. The third-order valence-corrected chi connectivity index (χ3v) is 2.35. The molecule has 2 heterocycles. The molecule has 0 fully saturated rings. The molecule has 0 radical (unpaired) electrons. The van der Waals surface area contributed by atoms with Crippen molar-refractivity contribution in [3.63, 3.8) is 0 Å². The lowest BCUT2D eigenvalue weighted by molar-refractivity contribution is 0.0525. The number of esters is 1. The second-order valence-electron chi connectivity index (χ2n) is 3.53. The summed E-state index contributed by atoms with van der Waals surface area (Å²) < 4.78 is 10.2. The third kappa shape index (κ3) is 2.36. The maximum Gasteiger partial charge on any atom is 0.339 e. The number of hydrogen-bond donors (Lipinski definition) is 0. The van der Waals surface area contributed by atoms with Crippen molar-refractivity contribution in [2.75, 3.05) is 6.61 Å². The lowest BCUT2D eigenvalue weighted by Crippen LogP contribution is -2.07. The molecule has 17 heavy (non-hydrogen) atoms. The van der Waals surface area contributed by atoms with Gasteiger partial charge in [0.1, 0.15) is 5.69 Å². The van der Waals surface area contributed by atoms with Gasteiger partial charge in [-0.2, -0.15) is 0 Å². The first-order valence-electron chi connectivity index (χ1n) is 5.41. The second kappa shape index (κ2) is 4.82. The molecule has 0 N–H and O–H groups in total. The molecular formula is C13H13NO3. The fourth-order valence-electron chi connectivity index (χ4n) is 1.55. The molecular weight excluding hydrogens is 218 g/mol. The Morgan fingerprint density at radius 2 is 2.24 bits per heavy atom. The number of rotatable bonds is 3. The molecule has 0 atom stereocenters. The van der Waals surface area contributed by atoms with Gasteiger partial charge in [-0.1, -0.05) is 0 Å². The summed E-state index contributed by atoms with van der Waals surface area (Å²) in [7, 11) is 0. The second-order valence-corrected chi connectivity index (χ2v) is 3.53. The minimum Gasteiger partial charge on any atom is -0.463 e. The van der Waals surface area contributed by atoms with E-state index in [0.717, 1.165) is 0 Å². The quantitative estimate of drug-likeness (QED) is 0.762. The summed E-state index contributed by atoms with van der Waals surface area (Å²) in [4.78, 5) is 15.9. The Balaban J connectivity index is 2.32. The van der Waals surface area contributed by atoms with Gasteiger partial charge >= 0.3 is 5.97 Å². The van der Waals surface area contributed by atoms with E-state index >= 15 is 0 Å². The fraction of sp³-hybridized carbons (Fsp3) is 0.231. The zero-order chi connectivity index (χ0) is 12.3. The lowest BCUT2D eigenvalue weighted by Gasteiger charge is -2.05. The third-order valence-electron chi connectivity index (χ3n) is 2.35. The molecule has 0 saturated carbocycles. The maximum absolute atomic E-state index is 11.6. The molecule has 4 heteroatoms. The summed E-state index contributed by atoms with van der Waals surface area (Å²) in [6.45, 7) is 3.91. The van der Waals surface area contributed by atoms with Crippen LogP contribution in [0.2, 0.25) is 0 Å². The highest BCUT2D eigenvalue weighted by Gasteiger charge is 2.12. The van der Waals surface area contributed by atoms with Crippen LogP contribution in [0.1, 0.15) is 23.0 Å². The van der Waals surface area contributed by atoms with E-state index in [1.54, 1.807) is 38.3 Å². The largest absolute Gasteiger partial charge is 0.463 e. The van der Waals surface area contributed by atoms with Crippen LogP contribution < -0.4 is 0 Å². The summed E-state index contributed by atoms with van der Waals surface area (Å²) in [5.74, 6) is 0.340. The van der Waals surface area contributed by atoms with E-state index in [0.29, 0.717) is 29.3 Å². The van der Waals surface area contributed by atoms with E-state index in [-0.39, 0.29) is 5.97 Å². The van der Waals surface area contributed by atoms with E-state index in [1.807, 2.05) is 6.07 Å². The molecule has 2 rings (SSSR count). The van der Waals surface area contributed by atoms with Crippen LogP contribution >= 0.6 is 0 Å². The van der Waals surface area contributed by atoms with Crippen LogP contribution in [0.5, 0.6) is 0 Å². The number of pyridine rings is 1. The van der Waals surface area contributed by atoms with Gasteiger partial charge in [0.25, 0.3) is 0 Å². The number of aromatic nitrogens is 1. The van der Waals surface area contributed by atoms with Crippen LogP contribution in [0.3, 0.4) is 0 Å². The minimum absolute atomic E-state index is 0.344. The number of hydrogen-bond acceptors (Lipinski definition) is 4. The van der Waals surface area contributed by atoms with Gasteiger partial charge < -0.3 is 9.15 Å². The zero-order valence-corrected chi connectivity index (χ0v) is 9.77. The van der Waals surface area contributed by atoms with Crippen LogP contribution in [0.25, 0.3) is 11.5 Å². The Kier molecular flexibility index (Phi) is 3.23. The van der Waals surface area contributed by atoms with Gasteiger partial charge in [-0.15, -0.1) is 0 Å². The van der Waals surface area contributed by atoms with Crippen molar-refractivity contribution in [1.29, 1.82) is 0 Å². The summed E-state index contributed by atoms with van der Waals surface area (Å²) in [6, 6.07) is 7.08. The Labute approximate surface area is 99.2 Å². The van der Waals surface area contributed by atoms with Gasteiger partial charge in [-0.05, 0) is 38.1 Å². The van der Waals surface area contributed by atoms with Crippen molar-refractivity contribution in [3.8, 4) is 11.5 Å². The molecule has 0 aliphatic heterocycles. The first-order chi connectivity index (χ1) is 8.22. The molecule has 0 amide bonds. The van der Waals surface area contributed by atoms with E-state index in [2.05, 4.69) is 4.98 Å². The van der Waals surface area contributed by atoms with Gasteiger partial charge in [-0.25, -0.2) is 9.78 Å². The van der Waals surface area contributed by atoms with Gasteiger partial charge in [0.2, 0.25) is 0 Å². The first-order valence-corrected chi connectivity index (χ1v) is 5.41. The fourth-order valence-corrected chi connectivity index (χ4v) is 1.55. The van der Waals surface area contributed by atoms with Crippen LogP contribution in [0.15, 0.2) is 34.9 Å². The molecule has 0 bridgehead atoms. The molecule has 2 aromatic heterocycles. The zero-order valence-electron chi connectivity index (χ0n) is 9.77. The predicted octanol–water partition coefficient (Wildman–Crippen LogP) is 2.83. The standard InChI is InChI=1S/C13H13NO3/c1-3-16-13(15)10-6-7-11(14-9(10)2)12-5-4-8-17-12/h4-8H,3H2,1-2H3. The monoisotopic (exact) mass is 231 g/mol. The number of furan rings is 1. The number of ether oxygens (including phenoxy) is 1. The van der Waals surface area contributed by atoms with Crippen LogP contribution in [-0.2, 0) is 4.74 Å². The number of aryl methyl sites for hydroxylation is 1. The highest BCUT2D eigenvalue weighted by atomic mass is 16.5. The van der Waals surface area contributed by atoms with Gasteiger partial charge in [0.15, 0.2) is 5.76 Å². The molecule has 88 valence electrons. The Morgan fingerprint density at radius 3 is 2.82 bits per heavy atom. The van der Waals surface area contributed by atoms with Crippen LogP contribution in [0, 0.1) is 6.92 Å². The maximum atomic E-state index is 11.6. The molecule has 0 aliphatic carbocycles. The summed E-state index contributed by atoms with van der Waals surface area (Å²) in [5, 5.41) is 0. The molecule has 4 nitrogen and oxygen atoms in total. The van der Waals surface area contributed by atoms with E-state index in [1.165, 1.54) is 0 Å². The van der Waals surface area contributed by atoms with Gasteiger partial charge in [-0.3, -0.25) is 0 Å². The number of carbonyl (C=O) groups excluding carboxylic acids is 1. The Bertz CT molecular complexity index is 517. The smallest absolute Gasteiger partial charge is 0.339 e. The topological polar surface area (TPSA) is 52.3 Å². The summed E-state index contributed by atoms with van der Waals surface area (Å²) in [6.07, 6.45) is 1.59. The van der Waals surface area contributed by atoms with Crippen LogP contribution in [-0.4, -0.2) is 17.6 Å². The predicted molar refractivity (Wildman–Crippen MR) is 62.6 cm³/mol. The average molecular weight is 231 g/mol. The SMILES string of the molecule is CCOC(=O)c1ccc(-c2ccco2)nc1C. The van der Waals surface area contributed by atoms with Gasteiger partial charge in [0.05, 0.1) is 24.1 Å². The van der Waals surface area contributed by atoms with Crippen molar-refractivity contribution in [1.82, 2.24) is 4.98 Å². The van der Waals surface area contributed by atoms with Crippen molar-refractivity contribution in [2.45, 2.75) is 13.8 Å². The van der Waals surface area contributed by atoms with E-state index < -0.39 is 0 Å². The number of carbonyl (C=O) groups is 1. The van der Waals surface area contributed by atoms with E-state index in [9.17, 15) is 4.79 Å². The molecule has 0 saturated heterocycles. The van der Waals surface area contributed by atoms with Crippen molar-refractivity contribution in [2.24, 2.45) is 0 Å². The van der Waals surface area contributed by atoms with Crippen molar-refractivity contribution in [3.05, 3.63) is 41.8 Å². The normalized spacial score (nSPS) is 10.2. The lowest BCUT2D eigenvalue weighted by atomic mass is 10.1. The summed E-state index contributed by atoms with van der Waals surface area (Å²) in [5.41, 5.74) is 1.83. The van der Waals surface area contributed by atoms with Crippen LogP contribution in [0.4, 0.5) is 0 Å². The molecule has 2 aromatic rings. The number of nitrogens with zero attached hydrogens (tertiary/aromatic N) is 1. The Morgan fingerprint density at radius 1 is 1.41 bits per heavy atom.